The molecular formula is C12H19FN2O2S. The van der Waals surface area contributed by atoms with E-state index >= 15 is 0 Å². The van der Waals surface area contributed by atoms with Gasteiger partial charge >= 0.3 is 0 Å². The molecule has 0 aliphatic carbocycles. The average molecular weight is 274 g/mol. The number of methoxy groups -OCH3 is 1. The molecule has 6 heteroatoms. The summed E-state index contributed by atoms with van der Waals surface area (Å²) in [6.07, 6.45) is 2.42. The van der Waals surface area contributed by atoms with E-state index in [0.717, 1.165) is 6.42 Å². The summed E-state index contributed by atoms with van der Waals surface area (Å²) < 4.78 is 29.3. The van der Waals surface area contributed by atoms with E-state index < -0.39 is 16.6 Å². The third kappa shape index (κ3) is 4.18. The maximum Gasteiger partial charge on any atom is 0.167 e. The second-order valence-electron chi connectivity index (χ2n) is 4.19. The van der Waals surface area contributed by atoms with Crippen LogP contribution < -0.4 is 15.8 Å². The Morgan fingerprint density at radius 3 is 2.78 bits per heavy atom. The molecule has 102 valence electrons. The number of nitrogens with one attached hydrogen (secondary N) is 1. The van der Waals surface area contributed by atoms with Crippen molar-refractivity contribution in [1.82, 2.24) is 0 Å². The minimum absolute atomic E-state index is 0.103. The van der Waals surface area contributed by atoms with Gasteiger partial charge in [0.25, 0.3) is 0 Å². The molecular weight excluding hydrogens is 255 g/mol. The van der Waals surface area contributed by atoms with Gasteiger partial charge in [0.1, 0.15) is 0 Å². The molecule has 0 saturated heterocycles. The van der Waals surface area contributed by atoms with Crippen LogP contribution in [0, 0.1) is 5.82 Å². The van der Waals surface area contributed by atoms with Crippen molar-refractivity contribution in [3.63, 3.8) is 0 Å². The molecule has 0 bridgehead atoms. The van der Waals surface area contributed by atoms with E-state index in [4.69, 9.17) is 10.5 Å². The molecule has 2 unspecified atom stereocenters. The maximum atomic E-state index is 13.3. The van der Waals surface area contributed by atoms with Gasteiger partial charge in [-0.2, -0.15) is 0 Å². The molecule has 0 aromatic heterocycles. The fourth-order valence-corrected chi connectivity index (χ4v) is 2.22. The number of halogens is 1. The van der Waals surface area contributed by atoms with Crippen molar-refractivity contribution in [1.29, 1.82) is 0 Å². The van der Waals surface area contributed by atoms with Gasteiger partial charge in [-0.3, -0.25) is 4.21 Å². The van der Waals surface area contributed by atoms with Gasteiger partial charge in [0.05, 0.1) is 18.5 Å². The van der Waals surface area contributed by atoms with E-state index in [1.807, 2.05) is 6.92 Å². The highest BCUT2D eigenvalue weighted by atomic mass is 32.2. The number of anilines is 2. The van der Waals surface area contributed by atoms with Crippen LogP contribution in [0.4, 0.5) is 15.8 Å². The van der Waals surface area contributed by atoms with Crippen molar-refractivity contribution in [2.24, 2.45) is 0 Å². The Morgan fingerprint density at radius 2 is 2.22 bits per heavy atom. The molecule has 0 radical (unpaired) electrons. The van der Waals surface area contributed by atoms with Gasteiger partial charge in [0.2, 0.25) is 0 Å². The van der Waals surface area contributed by atoms with Gasteiger partial charge in [-0.25, -0.2) is 4.39 Å². The molecule has 0 saturated carbocycles. The summed E-state index contributed by atoms with van der Waals surface area (Å²) in [5.41, 5.74) is 6.69. The minimum atomic E-state index is -0.815. The van der Waals surface area contributed by atoms with Gasteiger partial charge in [-0.1, -0.05) is 0 Å². The molecule has 0 spiro atoms. The van der Waals surface area contributed by atoms with Gasteiger partial charge in [-0.05, 0) is 13.3 Å². The van der Waals surface area contributed by atoms with E-state index in [1.165, 1.54) is 19.2 Å². The topological polar surface area (TPSA) is 64.3 Å². The molecule has 0 heterocycles. The number of hydrogen-bond donors (Lipinski definition) is 2. The normalized spacial score (nSPS) is 14.0. The summed E-state index contributed by atoms with van der Waals surface area (Å²) in [5, 5.41) is 3.16. The van der Waals surface area contributed by atoms with Crippen LogP contribution in [0.1, 0.15) is 13.3 Å². The Morgan fingerprint density at radius 1 is 1.56 bits per heavy atom. The van der Waals surface area contributed by atoms with Crippen LogP contribution in [0.5, 0.6) is 5.75 Å². The Labute approximate surface area is 109 Å². The summed E-state index contributed by atoms with van der Waals surface area (Å²) >= 11 is 0. The minimum Gasteiger partial charge on any atom is -0.494 e. The summed E-state index contributed by atoms with van der Waals surface area (Å²) in [6, 6.07) is 2.86. The molecule has 0 amide bonds. The summed E-state index contributed by atoms with van der Waals surface area (Å²) in [5.74, 6) is 0.285. The Hall–Kier alpha value is -1.30. The van der Waals surface area contributed by atoms with Crippen LogP contribution in [0.3, 0.4) is 0 Å². The van der Waals surface area contributed by atoms with Crippen molar-refractivity contribution in [3.05, 3.63) is 17.9 Å². The zero-order valence-corrected chi connectivity index (χ0v) is 11.6. The lowest BCUT2D eigenvalue weighted by Crippen LogP contribution is -2.18. The second-order valence-corrected chi connectivity index (χ2v) is 5.74. The average Bonchev–Trinajstić information content (AvgIpc) is 2.30. The predicted octanol–water partition coefficient (Wildman–Crippen LogP) is 1.99. The fraction of sp³-hybridized carbons (Fsp3) is 0.500. The molecule has 0 aliphatic rings. The number of nitrogens with two attached hydrogens (primary N) is 1. The molecule has 3 N–H and O–H groups in total. The summed E-state index contributed by atoms with van der Waals surface area (Å²) in [7, 11) is 0.590. The second kappa shape index (κ2) is 6.58. The summed E-state index contributed by atoms with van der Waals surface area (Å²) in [4.78, 5) is 0. The van der Waals surface area contributed by atoms with Crippen molar-refractivity contribution in [2.45, 2.75) is 19.4 Å². The number of nitrogen functional groups attached to an aromatic ring is 1. The number of ether oxygens (including phenoxy) is 1. The summed E-state index contributed by atoms with van der Waals surface area (Å²) in [6.45, 7) is 1.96. The van der Waals surface area contributed by atoms with Gasteiger partial charge in [-0.15, -0.1) is 0 Å². The lowest BCUT2D eigenvalue weighted by Gasteiger charge is -2.17. The standard InChI is InChI=1S/C12H19FN2O2S/c1-8(4-5-18(3)16)15-11-7-12(17-2)9(13)6-10(11)14/h6-8,15H,4-5,14H2,1-3H3. The largest absolute Gasteiger partial charge is 0.494 e. The number of hydrogen-bond acceptors (Lipinski definition) is 4. The molecule has 1 aromatic rings. The molecule has 2 atom stereocenters. The third-order valence-electron chi connectivity index (χ3n) is 2.56. The first-order valence-electron chi connectivity index (χ1n) is 5.63. The van der Waals surface area contributed by atoms with Gasteiger partial charge in [0.15, 0.2) is 11.6 Å². The fourth-order valence-electron chi connectivity index (χ4n) is 1.53. The highest BCUT2D eigenvalue weighted by molar-refractivity contribution is 7.84. The zero-order valence-electron chi connectivity index (χ0n) is 10.8. The molecule has 1 rings (SSSR count). The Balaban J connectivity index is 2.74. The van der Waals surface area contributed by atoms with Crippen LogP contribution in [0.15, 0.2) is 12.1 Å². The van der Waals surface area contributed by atoms with Crippen LogP contribution >= 0.6 is 0 Å². The molecule has 1 aromatic carbocycles. The van der Waals surface area contributed by atoms with Crippen molar-refractivity contribution in [3.8, 4) is 5.75 Å². The Bertz CT molecular complexity index is 440. The SMILES string of the molecule is COc1cc(NC(C)CCS(C)=O)c(N)cc1F. The van der Waals surface area contributed by atoms with Crippen LogP contribution in [-0.4, -0.2) is 29.4 Å². The smallest absolute Gasteiger partial charge is 0.167 e. The highest BCUT2D eigenvalue weighted by Crippen LogP contribution is 2.28. The molecule has 0 aliphatic heterocycles. The maximum absolute atomic E-state index is 13.3. The van der Waals surface area contributed by atoms with Gasteiger partial charge < -0.3 is 15.8 Å². The van der Waals surface area contributed by atoms with Gasteiger partial charge in [0, 0.05) is 41.0 Å². The third-order valence-corrected chi connectivity index (χ3v) is 3.37. The van der Waals surface area contributed by atoms with E-state index in [1.54, 1.807) is 6.26 Å². The lowest BCUT2D eigenvalue weighted by molar-refractivity contribution is 0.387. The van der Waals surface area contributed by atoms with Crippen molar-refractivity contribution >= 4 is 22.2 Å². The first-order valence-corrected chi connectivity index (χ1v) is 7.36. The zero-order chi connectivity index (χ0) is 13.7. The Kier molecular flexibility index (Phi) is 5.40. The number of benzene rings is 1. The van der Waals surface area contributed by atoms with Crippen LogP contribution in [-0.2, 0) is 10.8 Å². The van der Waals surface area contributed by atoms with E-state index in [2.05, 4.69) is 5.32 Å². The lowest BCUT2D eigenvalue weighted by atomic mass is 10.2. The molecule has 0 fully saturated rings. The predicted molar refractivity (Wildman–Crippen MR) is 74.0 cm³/mol. The molecule has 18 heavy (non-hydrogen) atoms. The van der Waals surface area contributed by atoms with Crippen molar-refractivity contribution < 1.29 is 13.3 Å². The monoisotopic (exact) mass is 274 g/mol. The highest BCUT2D eigenvalue weighted by Gasteiger charge is 2.10. The van der Waals surface area contributed by atoms with E-state index in [9.17, 15) is 8.60 Å². The first kappa shape index (κ1) is 14.8. The van der Waals surface area contributed by atoms with Crippen molar-refractivity contribution in [2.75, 3.05) is 30.2 Å². The number of rotatable bonds is 6. The van der Waals surface area contributed by atoms with Crippen LogP contribution in [0.2, 0.25) is 0 Å². The first-order chi connectivity index (χ1) is 8.43. The van der Waals surface area contributed by atoms with E-state index in [0.29, 0.717) is 17.1 Å². The van der Waals surface area contributed by atoms with Crippen LogP contribution in [0.25, 0.3) is 0 Å². The quantitative estimate of drug-likeness (QED) is 0.779. The van der Waals surface area contributed by atoms with E-state index in [-0.39, 0.29) is 11.8 Å². The molecule has 4 nitrogen and oxygen atoms in total.